The van der Waals surface area contributed by atoms with Gasteiger partial charge in [0.15, 0.2) is 0 Å². The second-order valence-corrected chi connectivity index (χ2v) is 4.57. The molecule has 0 aromatic carbocycles. The Bertz CT molecular complexity index is 166. The van der Waals surface area contributed by atoms with Crippen molar-refractivity contribution in [3.63, 3.8) is 0 Å². The highest BCUT2D eigenvalue weighted by Gasteiger charge is 2.42. The fourth-order valence-corrected chi connectivity index (χ4v) is 1.83. The van der Waals surface area contributed by atoms with Crippen LogP contribution in [0.25, 0.3) is 0 Å². The lowest BCUT2D eigenvalue weighted by molar-refractivity contribution is 0.0633. The average molecular weight is 175 g/mol. The third-order valence-corrected chi connectivity index (χ3v) is 2.59. The van der Waals surface area contributed by atoms with E-state index >= 15 is 0 Å². The molecule has 72 valence electrons. The summed E-state index contributed by atoms with van der Waals surface area (Å²) in [6, 6.07) is -0.0694. The van der Waals surface area contributed by atoms with Gasteiger partial charge in [-0.25, -0.2) is 4.39 Å². The van der Waals surface area contributed by atoms with Gasteiger partial charge in [-0.05, 0) is 27.7 Å². The predicted molar refractivity (Wildman–Crippen MR) is 46.8 cm³/mol. The Hall–Kier alpha value is -0.150. The lowest BCUT2D eigenvalue weighted by Gasteiger charge is -2.35. The third-order valence-electron chi connectivity index (χ3n) is 2.59. The summed E-state index contributed by atoms with van der Waals surface area (Å²) < 4.78 is 13.1. The molecule has 1 aliphatic rings. The maximum absolute atomic E-state index is 13.1. The highest BCUT2D eigenvalue weighted by atomic mass is 19.1. The van der Waals surface area contributed by atoms with E-state index in [0.29, 0.717) is 6.54 Å². The minimum atomic E-state index is -1.08. The highest BCUT2D eigenvalue weighted by molar-refractivity contribution is 4.96. The van der Waals surface area contributed by atoms with Gasteiger partial charge in [-0.3, -0.25) is 4.90 Å². The SMILES string of the molecule is C[C@@H]1[C@@H](O)[C@@H](F)CN1C(C)(C)C. The number of hydrogen-bond donors (Lipinski definition) is 1. The fourth-order valence-electron chi connectivity index (χ4n) is 1.83. The number of aliphatic hydroxyl groups is 1. The van der Waals surface area contributed by atoms with Gasteiger partial charge in [0, 0.05) is 18.1 Å². The van der Waals surface area contributed by atoms with Crippen molar-refractivity contribution in [2.75, 3.05) is 6.54 Å². The molecule has 0 aromatic heterocycles. The molecular weight excluding hydrogens is 157 g/mol. The van der Waals surface area contributed by atoms with Crippen molar-refractivity contribution in [2.24, 2.45) is 0 Å². The molecule has 1 fully saturated rings. The molecular formula is C9H18FNO. The second-order valence-electron chi connectivity index (χ2n) is 4.57. The van der Waals surface area contributed by atoms with E-state index in [4.69, 9.17) is 0 Å². The summed E-state index contributed by atoms with van der Waals surface area (Å²) in [5.41, 5.74) is -0.0543. The molecule has 1 heterocycles. The Labute approximate surface area is 73.4 Å². The van der Waals surface area contributed by atoms with Gasteiger partial charge in [-0.1, -0.05) is 0 Å². The van der Waals surface area contributed by atoms with Gasteiger partial charge in [0.25, 0.3) is 0 Å². The van der Waals surface area contributed by atoms with E-state index in [2.05, 4.69) is 0 Å². The van der Waals surface area contributed by atoms with Crippen LogP contribution in [0.3, 0.4) is 0 Å². The monoisotopic (exact) mass is 175 g/mol. The molecule has 0 radical (unpaired) electrons. The van der Waals surface area contributed by atoms with Gasteiger partial charge < -0.3 is 5.11 Å². The first kappa shape index (κ1) is 9.93. The number of rotatable bonds is 0. The first-order valence-corrected chi connectivity index (χ1v) is 4.43. The van der Waals surface area contributed by atoms with Crippen LogP contribution in [0, 0.1) is 0 Å². The molecule has 1 rings (SSSR count). The largest absolute Gasteiger partial charge is 0.388 e. The smallest absolute Gasteiger partial charge is 0.140 e. The maximum Gasteiger partial charge on any atom is 0.140 e. The Morgan fingerprint density at radius 2 is 1.92 bits per heavy atom. The van der Waals surface area contributed by atoms with Crippen LogP contribution in [0.5, 0.6) is 0 Å². The zero-order chi connectivity index (χ0) is 9.52. The first-order valence-electron chi connectivity index (χ1n) is 4.43. The summed E-state index contributed by atoms with van der Waals surface area (Å²) in [5, 5.41) is 9.38. The zero-order valence-electron chi connectivity index (χ0n) is 8.21. The van der Waals surface area contributed by atoms with Gasteiger partial charge in [-0.15, -0.1) is 0 Å². The predicted octanol–water partition coefficient (Wildman–Crippen LogP) is 1.19. The van der Waals surface area contributed by atoms with Crippen LogP contribution in [-0.2, 0) is 0 Å². The lowest BCUT2D eigenvalue weighted by atomic mass is 10.0. The molecule has 0 aromatic rings. The van der Waals surface area contributed by atoms with E-state index in [0.717, 1.165) is 0 Å². The van der Waals surface area contributed by atoms with Crippen molar-refractivity contribution < 1.29 is 9.50 Å². The molecule has 3 heteroatoms. The highest BCUT2D eigenvalue weighted by Crippen LogP contribution is 2.27. The number of hydrogen-bond acceptors (Lipinski definition) is 2. The third kappa shape index (κ3) is 1.62. The van der Waals surface area contributed by atoms with E-state index in [1.54, 1.807) is 0 Å². The Morgan fingerprint density at radius 3 is 2.08 bits per heavy atom. The lowest BCUT2D eigenvalue weighted by Crippen LogP contribution is -2.45. The first-order chi connectivity index (χ1) is 5.34. The second kappa shape index (κ2) is 2.96. The molecule has 0 unspecified atom stereocenters. The molecule has 1 saturated heterocycles. The number of alkyl halides is 1. The molecule has 3 atom stereocenters. The molecule has 0 spiro atoms. The van der Waals surface area contributed by atoms with Crippen molar-refractivity contribution >= 4 is 0 Å². The van der Waals surface area contributed by atoms with Crippen molar-refractivity contribution in [3.05, 3.63) is 0 Å². The van der Waals surface area contributed by atoms with E-state index in [-0.39, 0.29) is 11.6 Å². The van der Waals surface area contributed by atoms with Crippen LogP contribution >= 0.6 is 0 Å². The summed E-state index contributed by atoms with van der Waals surface area (Å²) >= 11 is 0. The molecule has 0 bridgehead atoms. The van der Waals surface area contributed by atoms with E-state index in [1.807, 2.05) is 32.6 Å². The Morgan fingerprint density at radius 1 is 1.42 bits per heavy atom. The Kier molecular flexibility index (Phi) is 2.45. The van der Waals surface area contributed by atoms with Crippen LogP contribution in [0.2, 0.25) is 0 Å². The van der Waals surface area contributed by atoms with E-state index in [9.17, 15) is 9.50 Å². The Balaban J connectivity index is 2.71. The van der Waals surface area contributed by atoms with Gasteiger partial charge in [0.05, 0.1) is 0 Å². The summed E-state index contributed by atoms with van der Waals surface area (Å²) in [7, 11) is 0. The summed E-state index contributed by atoms with van der Waals surface area (Å²) in [4.78, 5) is 2.00. The number of halogens is 1. The van der Waals surface area contributed by atoms with Crippen molar-refractivity contribution in [3.8, 4) is 0 Å². The molecule has 0 amide bonds. The minimum absolute atomic E-state index is 0.0543. The molecule has 0 saturated carbocycles. The van der Waals surface area contributed by atoms with Gasteiger partial charge in [0.2, 0.25) is 0 Å². The zero-order valence-corrected chi connectivity index (χ0v) is 8.21. The van der Waals surface area contributed by atoms with Crippen LogP contribution in [-0.4, -0.2) is 40.4 Å². The fraction of sp³-hybridized carbons (Fsp3) is 1.00. The molecule has 1 aliphatic heterocycles. The minimum Gasteiger partial charge on any atom is -0.388 e. The standard InChI is InChI=1S/C9H18FNO/c1-6-8(12)7(10)5-11(6)9(2,3)4/h6-8,12H,5H2,1-4H3/t6-,7+,8-/m1/s1. The molecule has 0 aliphatic carbocycles. The maximum atomic E-state index is 13.1. The van der Waals surface area contributed by atoms with Crippen molar-refractivity contribution in [1.82, 2.24) is 4.90 Å². The van der Waals surface area contributed by atoms with Gasteiger partial charge in [-0.2, -0.15) is 0 Å². The van der Waals surface area contributed by atoms with Gasteiger partial charge in [0.1, 0.15) is 12.3 Å². The topological polar surface area (TPSA) is 23.5 Å². The number of likely N-dealkylation sites (tertiary alicyclic amines) is 1. The molecule has 2 nitrogen and oxygen atoms in total. The van der Waals surface area contributed by atoms with Crippen molar-refractivity contribution in [2.45, 2.75) is 51.6 Å². The molecule has 1 N–H and O–H groups in total. The summed E-state index contributed by atoms with van der Waals surface area (Å²) in [6.07, 6.45) is -1.90. The summed E-state index contributed by atoms with van der Waals surface area (Å²) in [6.45, 7) is 8.33. The quantitative estimate of drug-likeness (QED) is 0.597. The molecule has 12 heavy (non-hydrogen) atoms. The van der Waals surface area contributed by atoms with Crippen LogP contribution in [0.1, 0.15) is 27.7 Å². The van der Waals surface area contributed by atoms with Crippen LogP contribution in [0.15, 0.2) is 0 Å². The van der Waals surface area contributed by atoms with Gasteiger partial charge >= 0.3 is 0 Å². The number of nitrogens with zero attached hydrogens (tertiary/aromatic N) is 1. The van der Waals surface area contributed by atoms with Crippen molar-refractivity contribution in [1.29, 1.82) is 0 Å². The van der Waals surface area contributed by atoms with E-state index in [1.165, 1.54) is 0 Å². The van der Waals surface area contributed by atoms with Crippen LogP contribution < -0.4 is 0 Å². The van der Waals surface area contributed by atoms with Crippen LogP contribution in [0.4, 0.5) is 4.39 Å². The average Bonchev–Trinajstić information content (AvgIpc) is 2.15. The van der Waals surface area contributed by atoms with E-state index < -0.39 is 12.3 Å². The summed E-state index contributed by atoms with van der Waals surface area (Å²) in [5.74, 6) is 0. The normalized spacial score (nSPS) is 39.0. The number of aliphatic hydroxyl groups excluding tert-OH is 1.